The maximum absolute atomic E-state index is 14.4. The smallest absolute Gasteiger partial charge is 0.301 e. The van der Waals surface area contributed by atoms with Gasteiger partial charge >= 0.3 is 5.92 Å². The van der Waals surface area contributed by atoms with Crippen LogP contribution in [-0.2, 0) is 4.79 Å². The molecule has 1 N–H and O–H groups in total. The summed E-state index contributed by atoms with van der Waals surface area (Å²) in [7, 11) is 0. The zero-order chi connectivity index (χ0) is 19.4. The number of hydrogen-bond acceptors (Lipinski definition) is 6. The van der Waals surface area contributed by atoms with Crippen LogP contribution in [-0.4, -0.2) is 57.6 Å². The normalized spacial score (nSPS) is 18.6. The SMILES string of the molecule is N#Cc1cc(-c2ccncn2)ccc1OC1CCN(C(=O)CO)CC1(F)F. The van der Waals surface area contributed by atoms with Crippen molar-refractivity contribution in [1.82, 2.24) is 14.9 Å². The molecule has 1 atom stereocenters. The topological polar surface area (TPSA) is 99.3 Å². The molecular formula is C18H16F2N4O3. The molecule has 9 heteroatoms. The second-order valence-electron chi connectivity index (χ2n) is 6.05. The van der Waals surface area contributed by atoms with Gasteiger partial charge in [0, 0.05) is 24.7 Å². The first kappa shape index (κ1) is 18.7. The summed E-state index contributed by atoms with van der Waals surface area (Å²) < 4.78 is 34.2. The van der Waals surface area contributed by atoms with Crippen molar-refractivity contribution >= 4 is 5.91 Å². The van der Waals surface area contributed by atoms with Gasteiger partial charge in [-0.2, -0.15) is 5.26 Å². The lowest BCUT2D eigenvalue weighted by molar-refractivity contribution is -0.161. The number of nitriles is 1. The van der Waals surface area contributed by atoms with Crippen molar-refractivity contribution < 1.29 is 23.4 Å². The Balaban J connectivity index is 1.80. The number of carbonyl (C=O) groups excluding carboxylic acids is 1. The van der Waals surface area contributed by atoms with Crippen molar-refractivity contribution in [3.05, 3.63) is 42.4 Å². The lowest BCUT2D eigenvalue weighted by Gasteiger charge is -2.38. The number of carbonyl (C=O) groups is 1. The van der Waals surface area contributed by atoms with E-state index in [4.69, 9.17) is 9.84 Å². The van der Waals surface area contributed by atoms with Gasteiger partial charge in [-0.3, -0.25) is 4.79 Å². The Kier molecular flexibility index (Phi) is 5.28. The fraction of sp³-hybridized carbons (Fsp3) is 0.333. The highest BCUT2D eigenvalue weighted by atomic mass is 19.3. The van der Waals surface area contributed by atoms with Crippen molar-refractivity contribution in [3.8, 4) is 23.1 Å². The first-order valence-corrected chi connectivity index (χ1v) is 8.18. The molecule has 1 amide bonds. The van der Waals surface area contributed by atoms with Crippen molar-refractivity contribution in [2.45, 2.75) is 18.4 Å². The van der Waals surface area contributed by atoms with Crippen molar-refractivity contribution in [3.63, 3.8) is 0 Å². The Morgan fingerprint density at radius 3 is 2.89 bits per heavy atom. The Labute approximate surface area is 153 Å². The third-order valence-electron chi connectivity index (χ3n) is 4.27. The minimum absolute atomic E-state index is 0.0422. The number of aliphatic hydroxyl groups is 1. The second-order valence-corrected chi connectivity index (χ2v) is 6.05. The standard InChI is InChI=1S/C18H16F2N4O3/c19-18(20)10-24(17(26)9-25)6-4-16(18)27-15-2-1-12(7-13(15)8-21)14-3-5-22-11-23-14/h1-3,5,7,11,16,25H,4,6,9-10H2. The van der Waals surface area contributed by atoms with E-state index in [0.717, 1.165) is 4.90 Å². The maximum atomic E-state index is 14.4. The molecule has 0 spiro atoms. The Hall–Kier alpha value is -3.12. The zero-order valence-electron chi connectivity index (χ0n) is 14.2. The van der Waals surface area contributed by atoms with Crippen LogP contribution in [0.5, 0.6) is 5.75 Å². The zero-order valence-corrected chi connectivity index (χ0v) is 14.2. The lowest BCUT2D eigenvalue weighted by atomic mass is 10.0. The van der Waals surface area contributed by atoms with E-state index in [0.29, 0.717) is 11.3 Å². The Morgan fingerprint density at radius 1 is 1.44 bits per heavy atom. The van der Waals surface area contributed by atoms with E-state index in [1.165, 1.54) is 18.5 Å². The summed E-state index contributed by atoms with van der Waals surface area (Å²) >= 11 is 0. The number of nitrogens with zero attached hydrogens (tertiary/aromatic N) is 4. The lowest BCUT2D eigenvalue weighted by Crippen LogP contribution is -2.55. The second kappa shape index (κ2) is 7.63. The van der Waals surface area contributed by atoms with Gasteiger partial charge in [0.25, 0.3) is 0 Å². The van der Waals surface area contributed by atoms with Gasteiger partial charge < -0.3 is 14.7 Å². The summed E-state index contributed by atoms with van der Waals surface area (Å²) in [6.45, 7) is -1.61. The number of hydrogen-bond donors (Lipinski definition) is 1. The Morgan fingerprint density at radius 2 is 2.26 bits per heavy atom. The highest BCUT2D eigenvalue weighted by Gasteiger charge is 2.47. The molecule has 1 aliphatic heterocycles. The number of benzene rings is 1. The number of aromatic nitrogens is 2. The molecule has 140 valence electrons. The molecule has 3 rings (SSSR count). The molecule has 27 heavy (non-hydrogen) atoms. The molecule has 1 aromatic heterocycles. The number of rotatable bonds is 4. The van der Waals surface area contributed by atoms with Gasteiger partial charge in [0.1, 0.15) is 24.8 Å². The van der Waals surface area contributed by atoms with E-state index < -0.39 is 31.1 Å². The molecule has 1 fully saturated rings. The number of alkyl halides is 2. The predicted molar refractivity (Wildman–Crippen MR) is 89.8 cm³/mol. The summed E-state index contributed by atoms with van der Waals surface area (Å²) in [5, 5.41) is 18.2. The van der Waals surface area contributed by atoms with E-state index >= 15 is 0 Å². The summed E-state index contributed by atoms with van der Waals surface area (Å²) in [6, 6.07) is 8.21. The van der Waals surface area contributed by atoms with Gasteiger partial charge in [-0.25, -0.2) is 18.7 Å². The van der Waals surface area contributed by atoms with E-state index in [9.17, 15) is 18.8 Å². The van der Waals surface area contributed by atoms with Crippen LogP contribution in [0.3, 0.4) is 0 Å². The molecule has 0 saturated carbocycles. The van der Waals surface area contributed by atoms with Gasteiger partial charge in [0.15, 0.2) is 6.10 Å². The first-order valence-electron chi connectivity index (χ1n) is 8.18. The molecule has 0 bridgehead atoms. The van der Waals surface area contributed by atoms with Crippen LogP contribution in [0.15, 0.2) is 36.8 Å². The first-order chi connectivity index (χ1) is 12.9. The molecule has 1 aromatic carbocycles. The number of halogens is 2. The molecule has 1 saturated heterocycles. The Bertz CT molecular complexity index is 871. The molecule has 1 aliphatic rings. The van der Waals surface area contributed by atoms with Crippen LogP contribution in [0.25, 0.3) is 11.3 Å². The molecule has 2 heterocycles. The minimum atomic E-state index is -3.30. The van der Waals surface area contributed by atoms with Crippen molar-refractivity contribution in [1.29, 1.82) is 5.26 Å². The average molecular weight is 374 g/mol. The quantitative estimate of drug-likeness (QED) is 0.873. The molecule has 1 unspecified atom stereocenters. The summed E-state index contributed by atoms with van der Waals surface area (Å²) in [5.41, 5.74) is 1.33. The average Bonchev–Trinajstić information content (AvgIpc) is 2.69. The molecule has 0 aliphatic carbocycles. The molecule has 7 nitrogen and oxygen atoms in total. The van der Waals surface area contributed by atoms with Crippen LogP contribution in [0.2, 0.25) is 0 Å². The van der Waals surface area contributed by atoms with Gasteiger partial charge in [-0.15, -0.1) is 0 Å². The predicted octanol–water partition coefficient (Wildman–Crippen LogP) is 1.62. The highest BCUT2D eigenvalue weighted by Crippen LogP contribution is 2.33. The number of amides is 1. The summed E-state index contributed by atoms with van der Waals surface area (Å²) in [6.07, 6.45) is 1.34. The van der Waals surface area contributed by atoms with Gasteiger partial charge in [-0.1, -0.05) is 0 Å². The van der Waals surface area contributed by atoms with Crippen LogP contribution in [0.4, 0.5) is 8.78 Å². The monoisotopic (exact) mass is 374 g/mol. The van der Waals surface area contributed by atoms with Gasteiger partial charge in [0.2, 0.25) is 5.91 Å². The van der Waals surface area contributed by atoms with Crippen molar-refractivity contribution in [2.75, 3.05) is 19.7 Å². The number of piperidine rings is 1. The third kappa shape index (κ3) is 4.01. The van der Waals surface area contributed by atoms with Gasteiger partial charge in [-0.05, 0) is 24.3 Å². The minimum Gasteiger partial charge on any atom is -0.483 e. The maximum Gasteiger partial charge on any atom is 0.301 e. The summed E-state index contributed by atoms with van der Waals surface area (Å²) in [4.78, 5) is 20.3. The largest absolute Gasteiger partial charge is 0.483 e. The number of ether oxygens (including phenoxy) is 1. The van der Waals surface area contributed by atoms with Crippen molar-refractivity contribution in [2.24, 2.45) is 0 Å². The molecule has 0 radical (unpaired) electrons. The summed E-state index contributed by atoms with van der Waals surface area (Å²) in [5.74, 6) is -4.01. The molecule has 2 aromatic rings. The van der Waals surface area contributed by atoms with Crippen LogP contribution >= 0.6 is 0 Å². The van der Waals surface area contributed by atoms with E-state index in [-0.39, 0.29) is 24.3 Å². The van der Waals surface area contributed by atoms with Crippen LogP contribution in [0, 0.1) is 11.3 Å². The van der Waals surface area contributed by atoms with E-state index in [1.807, 2.05) is 6.07 Å². The van der Waals surface area contributed by atoms with E-state index in [2.05, 4.69) is 9.97 Å². The highest BCUT2D eigenvalue weighted by molar-refractivity contribution is 5.77. The molecular weight excluding hydrogens is 358 g/mol. The fourth-order valence-corrected chi connectivity index (χ4v) is 2.87. The number of likely N-dealkylation sites (tertiary alicyclic amines) is 1. The van der Waals surface area contributed by atoms with Gasteiger partial charge in [0.05, 0.1) is 17.8 Å². The van der Waals surface area contributed by atoms with Crippen LogP contribution in [0.1, 0.15) is 12.0 Å². The third-order valence-corrected chi connectivity index (χ3v) is 4.27. The number of aliphatic hydroxyl groups excluding tert-OH is 1. The fourth-order valence-electron chi connectivity index (χ4n) is 2.87. The van der Waals surface area contributed by atoms with Crippen LogP contribution < -0.4 is 4.74 Å². The van der Waals surface area contributed by atoms with E-state index in [1.54, 1.807) is 18.3 Å².